The van der Waals surface area contributed by atoms with E-state index in [1.165, 1.54) is 12.1 Å². The monoisotopic (exact) mass is 680 g/mol. The zero-order valence-corrected chi connectivity index (χ0v) is 26.1. The van der Waals surface area contributed by atoms with Crippen molar-refractivity contribution >= 4 is 29.6 Å². The van der Waals surface area contributed by atoms with Crippen LogP contribution in [0.2, 0.25) is 0 Å². The van der Waals surface area contributed by atoms with Crippen LogP contribution in [0.5, 0.6) is 5.75 Å². The number of hydrogen-bond acceptors (Lipinski definition) is 7. The molecule has 3 aromatic carbocycles. The van der Waals surface area contributed by atoms with Crippen LogP contribution < -0.4 is 16.0 Å². The maximum Gasteiger partial charge on any atom is 0.490 e. The number of aromatic nitrogens is 1. The summed E-state index contributed by atoms with van der Waals surface area (Å²) in [5.74, 6) is -3.83. The predicted molar refractivity (Wildman–Crippen MR) is 174 cm³/mol. The van der Waals surface area contributed by atoms with Gasteiger partial charge in [-0.15, -0.1) is 0 Å². The van der Waals surface area contributed by atoms with Crippen molar-refractivity contribution in [2.45, 2.75) is 43.9 Å². The number of alkyl halides is 3. The third kappa shape index (κ3) is 13.4. The van der Waals surface area contributed by atoms with Crippen LogP contribution in [0.4, 0.5) is 19.0 Å². The van der Waals surface area contributed by atoms with Crippen LogP contribution in [-0.2, 0) is 25.6 Å². The lowest BCUT2D eigenvalue weighted by atomic mass is 9.98. The maximum absolute atomic E-state index is 13.5. The number of hydrogen-bond donors (Lipinski definition) is 6. The Hall–Kier alpha value is -5.92. The number of rotatable bonds is 14. The van der Waals surface area contributed by atoms with E-state index in [9.17, 15) is 37.8 Å². The summed E-state index contributed by atoms with van der Waals surface area (Å²) in [7, 11) is 0. The first-order valence-corrected chi connectivity index (χ1v) is 15.0. The molecule has 0 bridgehead atoms. The number of halogens is 3. The fourth-order valence-corrected chi connectivity index (χ4v) is 4.51. The number of carboxylic acids is 2. The van der Waals surface area contributed by atoms with Gasteiger partial charge in [-0.25, -0.2) is 9.78 Å². The van der Waals surface area contributed by atoms with Gasteiger partial charge >= 0.3 is 18.1 Å². The number of pyridine rings is 1. The number of carbonyl (C=O) groups is 4. The van der Waals surface area contributed by atoms with Crippen LogP contribution in [0, 0.1) is 0 Å². The van der Waals surface area contributed by atoms with Crippen LogP contribution in [0.3, 0.4) is 0 Å². The van der Waals surface area contributed by atoms with Crippen LogP contribution in [-0.4, -0.2) is 62.8 Å². The summed E-state index contributed by atoms with van der Waals surface area (Å²) in [6.45, 7) is 0.527. The molecule has 1 heterocycles. The van der Waals surface area contributed by atoms with Gasteiger partial charge in [0.1, 0.15) is 17.6 Å². The number of carboxylic acid groups (broad SMARTS) is 2. The van der Waals surface area contributed by atoms with Gasteiger partial charge in [-0.3, -0.25) is 14.4 Å². The summed E-state index contributed by atoms with van der Waals surface area (Å²) in [5, 5.41) is 35.2. The van der Waals surface area contributed by atoms with Gasteiger partial charge in [-0.05, 0) is 52.9 Å². The first kappa shape index (κ1) is 37.5. The minimum atomic E-state index is -5.08. The average molecular weight is 681 g/mol. The number of aliphatic carboxylic acids is 2. The molecule has 0 saturated heterocycles. The summed E-state index contributed by atoms with van der Waals surface area (Å²) in [4.78, 5) is 51.2. The highest BCUT2D eigenvalue weighted by atomic mass is 19.4. The lowest BCUT2D eigenvalue weighted by molar-refractivity contribution is -0.192. The van der Waals surface area contributed by atoms with Gasteiger partial charge < -0.3 is 31.3 Å². The number of amides is 2. The van der Waals surface area contributed by atoms with Crippen LogP contribution >= 0.6 is 0 Å². The average Bonchev–Trinajstić information content (AvgIpc) is 3.07. The fraction of sp³-hybridized carbons (Fsp3) is 0.229. The van der Waals surface area contributed by atoms with Gasteiger partial charge in [0.2, 0.25) is 11.8 Å². The second-order valence-electron chi connectivity index (χ2n) is 10.7. The number of aromatic hydroxyl groups is 1. The van der Waals surface area contributed by atoms with E-state index in [1.807, 2.05) is 60.7 Å². The number of nitrogens with zero attached hydrogens (tertiary/aromatic N) is 1. The summed E-state index contributed by atoms with van der Waals surface area (Å²) in [5.41, 5.74) is 3.36. The Morgan fingerprint density at radius 2 is 1.39 bits per heavy atom. The molecule has 0 spiro atoms. The van der Waals surface area contributed by atoms with Crippen molar-refractivity contribution in [1.29, 1.82) is 0 Å². The Morgan fingerprint density at radius 1 is 0.776 bits per heavy atom. The third-order valence-corrected chi connectivity index (χ3v) is 6.94. The molecule has 49 heavy (non-hydrogen) atoms. The Morgan fingerprint density at radius 3 is 1.96 bits per heavy atom. The molecular weight excluding hydrogens is 645 g/mol. The van der Waals surface area contributed by atoms with E-state index >= 15 is 0 Å². The van der Waals surface area contributed by atoms with Gasteiger partial charge in [0.15, 0.2) is 0 Å². The molecule has 0 radical (unpaired) electrons. The molecule has 2 atom stereocenters. The lowest BCUT2D eigenvalue weighted by Crippen LogP contribution is -2.49. The molecule has 0 saturated carbocycles. The number of phenolic OH excluding ortho intramolecular Hbond substituents is 1. The molecule has 11 nitrogen and oxygen atoms in total. The Bertz CT molecular complexity index is 1660. The largest absolute Gasteiger partial charge is 0.508 e. The van der Waals surface area contributed by atoms with Gasteiger partial charge in [0.05, 0.1) is 12.5 Å². The molecular formula is C35H35F3N4O7. The highest BCUT2D eigenvalue weighted by Crippen LogP contribution is 2.24. The SMILES string of the molecule is O=C(O)C(F)(F)F.O=C(O)CC(NC(=O)[C@@H](Cc1ccc(O)cc1)NC(=O)CCCNc1ccccn1)c1ccc(-c2ccccc2)cc1. The minimum absolute atomic E-state index is 0.0877. The van der Waals surface area contributed by atoms with Crippen LogP contribution in [0.15, 0.2) is 103 Å². The molecule has 0 aliphatic carbocycles. The number of anilines is 1. The maximum atomic E-state index is 13.5. The molecule has 2 amide bonds. The van der Waals surface area contributed by atoms with E-state index in [0.717, 1.165) is 16.7 Å². The van der Waals surface area contributed by atoms with Crippen LogP contribution in [0.25, 0.3) is 11.1 Å². The van der Waals surface area contributed by atoms with Crippen molar-refractivity contribution in [3.63, 3.8) is 0 Å². The second kappa shape index (κ2) is 18.4. The fourth-order valence-electron chi connectivity index (χ4n) is 4.51. The van der Waals surface area contributed by atoms with E-state index in [1.54, 1.807) is 30.5 Å². The normalized spacial score (nSPS) is 12.0. The third-order valence-electron chi connectivity index (χ3n) is 6.94. The first-order valence-electron chi connectivity index (χ1n) is 15.0. The zero-order valence-electron chi connectivity index (χ0n) is 26.1. The topological polar surface area (TPSA) is 178 Å². The molecule has 258 valence electrons. The molecule has 0 fully saturated rings. The second-order valence-corrected chi connectivity index (χ2v) is 10.7. The Kier molecular flexibility index (Phi) is 14.1. The molecule has 14 heteroatoms. The van der Waals surface area contributed by atoms with Crippen molar-refractivity contribution in [2.75, 3.05) is 11.9 Å². The van der Waals surface area contributed by atoms with Crippen molar-refractivity contribution in [1.82, 2.24) is 15.6 Å². The van der Waals surface area contributed by atoms with Gasteiger partial charge in [-0.1, -0.05) is 72.8 Å². The molecule has 4 aromatic rings. The molecule has 0 aliphatic heterocycles. The van der Waals surface area contributed by atoms with Crippen molar-refractivity contribution in [3.8, 4) is 16.9 Å². The number of carbonyl (C=O) groups excluding carboxylic acids is 2. The van der Waals surface area contributed by atoms with E-state index in [0.29, 0.717) is 24.3 Å². The van der Waals surface area contributed by atoms with Crippen LogP contribution in [0.1, 0.15) is 36.4 Å². The van der Waals surface area contributed by atoms with E-state index in [-0.39, 0.29) is 30.9 Å². The van der Waals surface area contributed by atoms with Crippen molar-refractivity contribution in [2.24, 2.45) is 0 Å². The number of benzene rings is 3. The minimum Gasteiger partial charge on any atom is -0.508 e. The molecule has 6 N–H and O–H groups in total. The predicted octanol–water partition coefficient (Wildman–Crippen LogP) is 5.34. The quantitative estimate of drug-likeness (QED) is 0.0960. The number of phenols is 1. The number of nitrogens with one attached hydrogen (secondary N) is 3. The first-order chi connectivity index (χ1) is 23.3. The molecule has 1 unspecified atom stereocenters. The molecule has 1 aromatic heterocycles. The molecule has 0 aliphatic rings. The van der Waals surface area contributed by atoms with Crippen molar-refractivity contribution < 1.29 is 47.7 Å². The van der Waals surface area contributed by atoms with Crippen molar-refractivity contribution in [3.05, 3.63) is 114 Å². The lowest BCUT2D eigenvalue weighted by Gasteiger charge is -2.23. The van der Waals surface area contributed by atoms with E-state index in [2.05, 4.69) is 20.9 Å². The highest BCUT2D eigenvalue weighted by Gasteiger charge is 2.38. The molecule has 4 rings (SSSR count). The van der Waals surface area contributed by atoms with Gasteiger partial charge in [0.25, 0.3) is 0 Å². The Balaban J connectivity index is 0.000000838. The standard InChI is InChI=1S/C33H34N4O5.C2HF3O2/c38-27-17-11-23(12-18-27)21-29(36-31(39)10-6-20-35-30-9-4-5-19-34-30)33(42)37-28(22-32(40)41)26-15-13-25(14-16-26)24-7-2-1-3-8-24;3-2(4,5)1(6)7/h1-5,7-9,11-19,28-29,38H,6,10,20-22H2,(H,34,35)(H,36,39)(H,37,42)(H,40,41);(H,6,7)/t28?,29-;/m1./s1. The van der Waals surface area contributed by atoms with Gasteiger partial charge in [-0.2, -0.15) is 13.2 Å². The summed E-state index contributed by atoms with van der Waals surface area (Å²) in [6.07, 6.45) is -2.87. The summed E-state index contributed by atoms with van der Waals surface area (Å²) >= 11 is 0. The highest BCUT2D eigenvalue weighted by molar-refractivity contribution is 5.88. The summed E-state index contributed by atoms with van der Waals surface area (Å²) in [6, 6.07) is 27.3. The van der Waals surface area contributed by atoms with Gasteiger partial charge in [0, 0.05) is 25.6 Å². The zero-order chi connectivity index (χ0) is 35.8. The summed E-state index contributed by atoms with van der Waals surface area (Å²) < 4.78 is 31.7. The Labute approximate surface area is 279 Å². The smallest absolute Gasteiger partial charge is 0.490 e. The van der Waals surface area contributed by atoms with E-state index < -0.39 is 36.1 Å². The van der Waals surface area contributed by atoms with E-state index in [4.69, 9.17) is 9.90 Å².